The van der Waals surface area contributed by atoms with Gasteiger partial charge in [-0.15, -0.1) is 0 Å². The van der Waals surface area contributed by atoms with Gasteiger partial charge in [-0.25, -0.2) is 0 Å². The van der Waals surface area contributed by atoms with Gasteiger partial charge in [-0.3, -0.25) is 14.9 Å². The molecule has 0 radical (unpaired) electrons. The Kier molecular flexibility index (Phi) is 4.53. The molecule has 0 aliphatic rings. The highest BCUT2D eigenvalue weighted by atomic mass is 35.5. The molecule has 1 heterocycles. The van der Waals surface area contributed by atoms with Crippen molar-refractivity contribution in [2.24, 2.45) is 0 Å². The zero-order valence-electron chi connectivity index (χ0n) is 10.5. The number of rotatable bonds is 6. The molecule has 0 bridgehead atoms. The Labute approximate surface area is 120 Å². The van der Waals surface area contributed by atoms with Crippen molar-refractivity contribution in [2.75, 3.05) is 6.54 Å². The van der Waals surface area contributed by atoms with E-state index in [0.29, 0.717) is 10.6 Å². The molecule has 0 saturated carbocycles. The summed E-state index contributed by atoms with van der Waals surface area (Å²) in [5.41, 5.74) is 0.603. The number of benzene rings is 1. The van der Waals surface area contributed by atoms with Crippen molar-refractivity contribution in [3.8, 4) is 0 Å². The first-order chi connectivity index (χ1) is 9.58. The van der Waals surface area contributed by atoms with Gasteiger partial charge in [-0.05, 0) is 23.8 Å². The Hall–Kier alpha value is -2.14. The lowest BCUT2D eigenvalue weighted by molar-refractivity contribution is -0.483. The number of carbonyl (C=O) groups is 1. The van der Waals surface area contributed by atoms with E-state index in [9.17, 15) is 14.9 Å². The van der Waals surface area contributed by atoms with E-state index in [1.54, 1.807) is 30.3 Å². The highest BCUT2D eigenvalue weighted by Gasteiger charge is 2.25. The lowest BCUT2D eigenvalue weighted by Crippen LogP contribution is -2.16. The summed E-state index contributed by atoms with van der Waals surface area (Å²) in [7, 11) is 0. The fourth-order valence-electron chi connectivity index (χ4n) is 2.02. The summed E-state index contributed by atoms with van der Waals surface area (Å²) in [5.74, 6) is -0.650. The van der Waals surface area contributed by atoms with Crippen LogP contribution in [0.1, 0.15) is 28.5 Å². The number of hydrogen-bond acceptors (Lipinski definition) is 4. The van der Waals surface area contributed by atoms with E-state index in [-0.39, 0.29) is 24.5 Å². The number of furan rings is 1. The van der Waals surface area contributed by atoms with Crippen LogP contribution in [-0.2, 0) is 0 Å². The van der Waals surface area contributed by atoms with Crippen molar-refractivity contribution in [3.63, 3.8) is 0 Å². The van der Waals surface area contributed by atoms with E-state index in [4.69, 9.17) is 16.0 Å². The van der Waals surface area contributed by atoms with E-state index < -0.39 is 10.8 Å². The molecular weight excluding hydrogens is 282 g/mol. The number of nitrogens with zero attached hydrogens (tertiary/aromatic N) is 1. The largest absolute Gasteiger partial charge is 0.461 e. The number of Topliss-reactive ketones (excluding diaryl/α,β-unsaturated/α-hetero) is 1. The second-order valence-electron chi connectivity index (χ2n) is 4.34. The minimum absolute atomic E-state index is 0.0156. The third-order valence-electron chi connectivity index (χ3n) is 2.94. The fraction of sp³-hybridized carbons (Fsp3) is 0.214. The average molecular weight is 294 g/mol. The quantitative estimate of drug-likeness (QED) is 0.463. The van der Waals surface area contributed by atoms with Gasteiger partial charge in [0.2, 0.25) is 6.54 Å². The first kappa shape index (κ1) is 14.3. The van der Waals surface area contributed by atoms with Gasteiger partial charge in [-0.1, -0.05) is 29.8 Å². The predicted octanol–water partition coefficient (Wildman–Crippen LogP) is 3.57. The van der Waals surface area contributed by atoms with Crippen LogP contribution in [0.4, 0.5) is 0 Å². The number of carbonyl (C=O) groups excluding carboxylic acids is 1. The lowest BCUT2D eigenvalue weighted by atomic mass is 9.93. The van der Waals surface area contributed by atoms with Gasteiger partial charge in [0.15, 0.2) is 11.5 Å². The van der Waals surface area contributed by atoms with Crippen LogP contribution in [0.2, 0.25) is 5.02 Å². The second kappa shape index (κ2) is 6.34. The maximum Gasteiger partial charge on any atom is 0.211 e. The number of halogens is 1. The molecule has 2 rings (SSSR count). The Bertz CT molecular complexity index is 609. The van der Waals surface area contributed by atoms with E-state index >= 15 is 0 Å². The maximum atomic E-state index is 12.0. The van der Waals surface area contributed by atoms with Crippen LogP contribution < -0.4 is 0 Å². The monoisotopic (exact) mass is 293 g/mol. The number of hydrogen-bond donors (Lipinski definition) is 0. The Morgan fingerprint density at radius 3 is 2.65 bits per heavy atom. The van der Waals surface area contributed by atoms with E-state index in [1.165, 1.54) is 12.3 Å². The maximum absolute atomic E-state index is 12.0. The summed E-state index contributed by atoms with van der Waals surface area (Å²) < 4.78 is 5.01. The van der Waals surface area contributed by atoms with E-state index in [2.05, 4.69) is 0 Å². The van der Waals surface area contributed by atoms with Gasteiger partial charge in [0.1, 0.15) is 0 Å². The van der Waals surface area contributed by atoms with Crippen LogP contribution in [0.3, 0.4) is 0 Å². The van der Waals surface area contributed by atoms with Gasteiger partial charge in [-0.2, -0.15) is 0 Å². The van der Waals surface area contributed by atoms with Gasteiger partial charge >= 0.3 is 0 Å². The number of nitro groups is 1. The van der Waals surface area contributed by atoms with Gasteiger partial charge in [0.25, 0.3) is 0 Å². The minimum atomic E-state index is -0.573. The number of ketones is 1. The molecule has 1 aromatic carbocycles. The smallest absolute Gasteiger partial charge is 0.211 e. The van der Waals surface area contributed by atoms with Crippen LogP contribution in [0, 0.1) is 10.1 Å². The third-order valence-corrected chi connectivity index (χ3v) is 3.29. The first-order valence-corrected chi connectivity index (χ1v) is 6.38. The fourth-order valence-corrected chi connectivity index (χ4v) is 2.31. The van der Waals surface area contributed by atoms with Crippen LogP contribution >= 0.6 is 11.6 Å². The summed E-state index contributed by atoms with van der Waals surface area (Å²) >= 11 is 6.05. The molecule has 0 aliphatic heterocycles. The molecule has 1 atom stereocenters. The van der Waals surface area contributed by atoms with Crippen molar-refractivity contribution in [2.45, 2.75) is 12.3 Å². The molecule has 6 heteroatoms. The van der Waals surface area contributed by atoms with Crippen molar-refractivity contribution < 1.29 is 14.1 Å². The average Bonchev–Trinajstić information content (AvgIpc) is 2.92. The van der Waals surface area contributed by atoms with Crippen molar-refractivity contribution >= 4 is 17.4 Å². The molecule has 0 spiro atoms. The molecule has 0 unspecified atom stereocenters. The molecule has 0 aliphatic carbocycles. The molecule has 2 aromatic rings. The van der Waals surface area contributed by atoms with E-state index in [1.807, 2.05) is 0 Å². The van der Waals surface area contributed by atoms with Crippen LogP contribution in [0.25, 0.3) is 0 Å². The zero-order chi connectivity index (χ0) is 14.5. The van der Waals surface area contributed by atoms with Gasteiger partial charge < -0.3 is 4.42 Å². The molecule has 0 amide bonds. The SMILES string of the molecule is O=C(C[C@@H](C[N+](=O)[O-])c1ccccc1Cl)c1ccco1. The Morgan fingerprint density at radius 1 is 1.30 bits per heavy atom. The molecule has 104 valence electrons. The Morgan fingerprint density at radius 2 is 2.05 bits per heavy atom. The van der Waals surface area contributed by atoms with Crippen molar-refractivity contribution in [3.05, 3.63) is 69.1 Å². The van der Waals surface area contributed by atoms with Crippen molar-refractivity contribution in [1.82, 2.24) is 0 Å². The first-order valence-electron chi connectivity index (χ1n) is 6.01. The molecule has 1 aromatic heterocycles. The highest BCUT2D eigenvalue weighted by molar-refractivity contribution is 6.31. The minimum Gasteiger partial charge on any atom is -0.461 e. The summed E-state index contributed by atoms with van der Waals surface area (Å²) in [6, 6.07) is 9.98. The Balaban J connectivity index is 2.22. The summed E-state index contributed by atoms with van der Waals surface area (Å²) in [6.45, 7) is -0.351. The van der Waals surface area contributed by atoms with Gasteiger partial charge in [0.05, 0.1) is 12.2 Å². The summed E-state index contributed by atoms with van der Waals surface area (Å²) in [5, 5.41) is 11.2. The van der Waals surface area contributed by atoms with Gasteiger partial charge in [0, 0.05) is 16.4 Å². The molecule has 5 nitrogen and oxygen atoms in total. The van der Waals surface area contributed by atoms with Crippen LogP contribution in [0.15, 0.2) is 47.1 Å². The zero-order valence-corrected chi connectivity index (χ0v) is 11.2. The standard InChI is InChI=1S/C14H12ClNO4/c15-12-5-2-1-4-11(12)10(9-16(18)19)8-13(17)14-6-3-7-20-14/h1-7,10H,8-9H2/t10-/m0/s1. The predicted molar refractivity (Wildman–Crippen MR) is 73.7 cm³/mol. The molecular formula is C14H12ClNO4. The van der Waals surface area contributed by atoms with Crippen molar-refractivity contribution in [1.29, 1.82) is 0 Å². The molecule has 0 N–H and O–H groups in total. The summed E-state index contributed by atoms with van der Waals surface area (Å²) in [6.07, 6.45) is 1.38. The normalized spacial score (nSPS) is 12.1. The second-order valence-corrected chi connectivity index (χ2v) is 4.75. The van der Waals surface area contributed by atoms with E-state index in [0.717, 1.165) is 0 Å². The highest BCUT2D eigenvalue weighted by Crippen LogP contribution is 2.28. The molecule has 20 heavy (non-hydrogen) atoms. The topological polar surface area (TPSA) is 73.3 Å². The third kappa shape index (κ3) is 3.45. The van der Waals surface area contributed by atoms with Crippen LogP contribution in [0.5, 0.6) is 0 Å². The molecule has 0 fully saturated rings. The molecule has 0 saturated heterocycles. The summed E-state index contributed by atoms with van der Waals surface area (Å²) in [4.78, 5) is 22.4. The van der Waals surface area contributed by atoms with Crippen LogP contribution in [-0.4, -0.2) is 17.3 Å². The lowest BCUT2D eigenvalue weighted by Gasteiger charge is -2.13.